The normalized spacial score (nSPS) is 16.9. The number of aryl methyl sites for hydroxylation is 1. The molecular formula is C22H25FN2O2. The van der Waals surface area contributed by atoms with E-state index in [4.69, 9.17) is 0 Å². The molecule has 27 heavy (non-hydrogen) atoms. The molecule has 1 unspecified atom stereocenters. The number of carbonyl (C=O) groups is 2. The highest BCUT2D eigenvalue weighted by Crippen LogP contribution is 2.34. The van der Waals surface area contributed by atoms with Crippen LogP contribution in [-0.4, -0.2) is 18.4 Å². The third-order valence-electron chi connectivity index (χ3n) is 5.04. The standard InChI is InChI=1S/C22H25FN2O2/c1-14(2)19-6-4-5-15(3)21(19)25-13-17(11-20(25)26)22(27)24-12-16-7-9-18(23)10-8-16/h4-10,14,17H,11-13H2,1-3H3,(H,24,27). The molecule has 4 nitrogen and oxygen atoms in total. The molecule has 1 aliphatic rings. The van der Waals surface area contributed by atoms with E-state index in [-0.39, 0.29) is 30.0 Å². The molecule has 0 aliphatic carbocycles. The number of para-hydroxylation sites is 1. The van der Waals surface area contributed by atoms with E-state index in [2.05, 4.69) is 19.2 Å². The van der Waals surface area contributed by atoms with Crippen molar-refractivity contribution in [2.24, 2.45) is 5.92 Å². The fraction of sp³-hybridized carbons (Fsp3) is 0.364. The minimum Gasteiger partial charge on any atom is -0.352 e. The van der Waals surface area contributed by atoms with Gasteiger partial charge in [0.2, 0.25) is 11.8 Å². The van der Waals surface area contributed by atoms with Crippen molar-refractivity contribution in [3.8, 4) is 0 Å². The van der Waals surface area contributed by atoms with Crippen LogP contribution in [0.4, 0.5) is 10.1 Å². The molecule has 1 aliphatic heterocycles. The van der Waals surface area contributed by atoms with Gasteiger partial charge in [-0.2, -0.15) is 0 Å². The van der Waals surface area contributed by atoms with Gasteiger partial charge >= 0.3 is 0 Å². The first-order valence-electron chi connectivity index (χ1n) is 9.29. The lowest BCUT2D eigenvalue weighted by Crippen LogP contribution is -2.33. The Bertz CT molecular complexity index is 846. The second kappa shape index (κ2) is 7.91. The Morgan fingerprint density at radius 2 is 1.93 bits per heavy atom. The van der Waals surface area contributed by atoms with Crippen molar-refractivity contribution < 1.29 is 14.0 Å². The van der Waals surface area contributed by atoms with Crippen molar-refractivity contribution >= 4 is 17.5 Å². The maximum atomic E-state index is 13.0. The molecule has 0 bridgehead atoms. The van der Waals surface area contributed by atoms with Crippen LogP contribution >= 0.6 is 0 Å². The topological polar surface area (TPSA) is 49.4 Å². The van der Waals surface area contributed by atoms with Crippen LogP contribution in [0.15, 0.2) is 42.5 Å². The zero-order chi connectivity index (χ0) is 19.6. The fourth-order valence-corrected chi connectivity index (χ4v) is 3.55. The molecule has 1 saturated heterocycles. The summed E-state index contributed by atoms with van der Waals surface area (Å²) in [6, 6.07) is 12.1. The Morgan fingerprint density at radius 1 is 1.22 bits per heavy atom. The molecule has 0 aromatic heterocycles. The SMILES string of the molecule is Cc1cccc(C(C)C)c1N1CC(C(=O)NCc2ccc(F)cc2)CC1=O. The number of hydrogen-bond acceptors (Lipinski definition) is 2. The van der Waals surface area contributed by atoms with Gasteiger partial charge in [-0.25, -0.2) is 4.39 Å². The lowest BCUT2D eigenvalue weighted by molar-refractivity contribution is -0.126. The highest BCUT2D eigenvalue weighted by Gasteiger charge is 2.36. The first-order chi connectivity index (χ1) is 12.9. The third-order valence-corrected chi connectivity index (χ3v) is 5.04. The van der Waals surface area contributed by atoms with Crippen LogP contribution in [0, 0.1) is 18.7 Å². The number of benzene rings is 2. The summed E-state index contributed by atoms with van der Waals surface area (Å²) in [5.41, 5.74) is 3.93. The Balaban J connectivity index is 1.70. The summed E-state index contributed by atoms with van der Waals surface area (Å²) in [7, 11) is 0. The van der Waals surface area contributed by atoms with Crippen LogP contribution in [0.1, 0.15) is 42.9 Å². The van der Waals surface area contributed by atoms with Crippen LogP contribution in [-0.2, 0) is 16.1 Å². The third kappa shape index (κ3) is 4.18. The lowest BCUT2D eigenvalue weighted by Gasteiger charge is -2.24. The van der Waals surface area contributed by atoms with Gasteiger partial charge in [0.15, 0.2) is 0 Å². The summed E-state index contributed by atoms with van der Waals surface area (Å²) >= 11 is 0. The Hall–Kier alpha value is -2.69. The molecule has 1 fully saturated rings. The van der Waals surface area contributed by atoms with E-state index in [0.717, 1.165) is 22.4 Å². The van der Waals surface area contributed by atoms with Crippen molar-refractivity contribution in [1.82, 2.24) is 5.32 Å². The average molecular weight is 368 g/mol. The lowest BCUT2D eigenvalue weighted by atomic mass is 9.97. The predicted molar refractivity (Wildman–Crippen MR) is 104 cm³/mol. The van der Waals surface area contributed by atoms with Crippen molar-refractivity contribution in [2.45, 2.75) is 39.7 Å². The summed E-state index contributed by atoms with van der Waals surface area (Å²) < 4.78 is 13.0. The smallest absolute Gasteiger partial charge is 0.227 e. The van der Waals surface area contributed by atoms with Crippen molar-refractivity contribution in [1.29, 1.82) is 0 Å². The van der Waals surface area contributed by atoms with Gasteiger partial charge in [-0.15, -0.1) is 0 Å². The van der Waals surface area contributed by atoms with Crippen molar-refractivity contribution in [2.75, 3.05) is 11.4 Å². The van der Waals surface area contributed by atoms with E-state index in [1.54, 1.807) is 17.0 Å². The largest absolute Gasteiger partial charge is 0.352 e. The van der Waals surface area contributed by atoms with E-state index in [1.165, 1.54) is 12.1 Å². The molecule has 2 aromatic carbocycles. The second-order valence-corrected chi connectivity index (χ2v) is 7.42. The van der Waals surface area contributed by atoms with Crippen LogP contribution in [0.5, 0.6) is 0 Å². The first-order valence-corrected chi connectivity index (χ1v) is 9.29. The highest BCUT2D eigenvalue weighted by atomic mass is 19.1. The molecule has 1 N–H and O–H groups in total. The maximum Gasteiger partial charge on any atom is 0.227 e. The number of halogens is 1. The quantitative estimate of drug-likeness (QED) is 0.869. The summed E-state index contributed by atoms with van der Waals surface area (Å²) in [4.78, 5) is 26.9. The molecule has 1 heterocycles. The number of rotatable bonds is 5. The zero-order valence-corrected chi connectivity index (χ0v) is 16.0. The van der Waals surface area contributed by atoms with E-state index >= 15 is 0 Å². The van der Waals surface area contributed by atoms with Gasteiger partial charge in [0.05, 0.1) is 5.92 Å². The van der Waals surface area contributed by atoms with Crippen molar-refractivity contribution in [3.05, 3.63) is 65.0 Å². The molecule has 1 atom stereocenters. The van der Waals surface area contributed by atoms with Crippen LogP contribution in [0.2, 0.25) is 0 Å². The van der Waals surface area contributed by atoms with Gasteiger partial charge in [-0.05, 0) is 41.7 Å². The minimum absolute atomic E-state index is 0.0202. The minimum atomic E-state index is -0.377. The van der Waals surface area contributed by atoms with Gasteiger partial charge in [0.1, 0.15) is 5.82 Å². The Kier molecular flexibility index (Phi) is 5.59. The molecule has 0 saturated carbocycles. The number of carbonyl (C=O) groups excluding carboxylic acids is 2. The van der Waals surface area contributed by atoms with Crippen LogP contribution in [0.3, 0.4) is 0 Å². The maximum absolute atomic E-state index is 13.0. The van der Waals surface area contributed by atoms with Gasteiger partial charge < -0.3 is 10.2 Å². The number of amides is 2. The molecule has 2 aromatic rings. The molecule has 0 radical (unpaired) electrons. The summed E-state index contributed by atoms with van der Waals surface area (Å²) in [6.07, 6.45) is 0.209. The molecule has 0 spiro atoms. The van der Waals surface area contributed by atoms with Gasteiger partial charge in [0, 0.05) is 25.2 Å². The number of anilines is 1. The summed E-state index contributed by atoms with van der Waals surface area (Å²) in [5, 5.41) is 2.86. The van der Waals surface area contributed by atoms with Gasteiger partial charge in [0.25, 0.3) is 0 Å². The number of hydrogen-bond donors (Lipinski definition) is 1. The van der Waals surface area contributed by atoms with E-state index in [1.807, 2.05) is 25.1 Å². The van der Waals surface area contributed by atoms with E-state index in [0.29, 0.717) is 19.0 Å². The predicted octanol–water partition coefficient (Wildman–Crippen LogP) is 3.93. The highest BCUT2D eigenvalue weighted by molar-refractivity contribution is 6.01. The van der Waals surface area contributed by atoms with Gasteiger partial charge in [-0.3, -0.25) is 9.59 Å². The van der Waals surface area contributed by atoms with E-state index < -0.39 is 0 Å². The molecular weight excluding hydrogens is 343 g/mol. The van der Waals surface area contributed by atoms with Gasteiger partial charge in [-0.1, -0.05) is 44.2 Å². The monoisotopic (exact) mass is 368 g/mol. The van der Waals surface area contributed by atoms with Crippen LogP contribution < -0.4 is 10.2 Å². The van der Waals surface area contributed by atoms with Crippen molar-refractivity contribution in [3.63, 3.8) is 0 Å². The molecule has 2 amide bonds. The summed E-state index contributed by atoms with van der Waals surface area (Å²) in [6.45, 7) is 6.91. The number of nitrogens with zero attached hydrogens (tertiary/aromatic N) is 1. The fourth-order valence-electron chi connectivity index (χ4n) is 3.55. The Labute approximate surface area is 159 Å². The molecule has 3 rings (SSSR count). The van der Waals surface area contributed by atoms with E-state index in [9.17, 15) is 14.0 Å². The second-order valence-electron chi connectivity index (χ2n) is 7.42. The average Bonchev–Trinajstić information content (AvgIpc) is 3.02. The zero-order valence-electron chi connectivity index (χ0n) is 16.0. The Morgan fingerprint density at radius 3 is 2.59 bits per heavy atom. The number of nitrogens with one attached hydrogen (secondary N) is 1. The summed E-state index contributed by atoms with van der Waals surface area (Å²) in [5.74, 6) is -0.555. The first kappa shape index (κ1) is 19.1. The van der Waals surface area contributed by atoms with Crippen LogP contribution in [0.25, 0.3) is 0 Å². The molecule has 5 heteroatoms. The molecule has 142 valence electrons.